The van der Waals surface area contributed by atoms with Crippen LogP contribution in [0.3, 0.4) is 0 Å². The third kappa shape index (κ3) is 2.59. The van der Waals surface area contributed by atoms with Crippen molar-refractivity contribution >= 4 is 16.9 Å². The quantitative estimate of drug-likeness (QED) is 0.735. The maximum atomic E-state index is 12.7. The average Bonchev–Trinajstić information content (AvgIpc) is 3.31. The van der Waals surface area contributed by atoms with Crippen molar-refractivity contribution in [1.82, 2.24) is 29.2 Å². The SMILES string of the molecule is CC(C)n1c(C2CCN(C(=O)c3ccnn3C)C2)nc2ccncc21. The summed E-state index contributed by atoms with van der Waals surface area (Å²) in [5, 5.41) is 4.10. The number of hydrogen-bond donors (Lipinski definition) is 0. The number of fused-ring (bicyclic) bond motifs is 1. The molecule has 1 saturated heterocycles. The number of amides is 1. The van der Waals surface area contributed by atoms with Gasteiger partial charge in [-0.15, -0.1) is 0 Å². The van der Waals surface area contributed by atoms with Crippen LogP contribution in [0.2, 0.25) is 0 Å². The van der Waals surface area contributed by atoms with E-state index in [1.54, 1.807) is 30.2 Å². The molecule has 4 heterocycles. The Morgan fingerprint density at radius 3 is 2.84 bits per heavy atom. The van der Waals surface area contributed by atoms with Crippen LogP contribution in [0.5, 0.6) is 0 Å². The molecular weight excluding hydrogens is 316 g/mol. The zero-order valence-electron chi connectivity index (χ0n) is 14.8. The van der Waals surface area contributed by atoms with Gasteiger partial charge in [-0.1, -0.05) is 0 Å². The minimum absolute atomic E-state index is 0.0383. The van der Waals surface area contributed by atoms with Gasteiger partial charge in [0.2, 0.25) is 0 Å². The molecule has 4 rings (SSSR count). The van der Waals surface area contributed by atoms with Crippen LogP contribution in [0.25, 0.3) is 11.0 Å². The molecule has 1 amide bonds. The van der Waals surface area contributed by atoms with Gasteiger partial charge in [0.15, 0.2) is 0 Å². The highest BCUT2D eigenvalue weighted by atomic mass is 16.2. The second-order valence-corrected chi connectivity index (χ2v) is 6.87. The van der Waals surface area contributed by atoms with Gasteiger partial charge in [0.1, 0.15) is 11.5 Å². The predicted octanol–water partition coefficient (Wildman–Crippen LogP) is 2.38. The number of likely N-dealkylation sites (tertiary alicyclic amines) is 1. The van der Waals surface area contributed by atoms with Crippen LogP contribution in [-0.2, 0) is 7.05 Å². The first-order valence-corrected chi connectivity index (χ1v) is 8.65. The molecule has 1 atom stereocenters. The molecule has 0 aromatic carbocycles. The maximum Gasteiger partial charge on any atom is 0.272 e. The fourth-order valence-corrected chi connectivity index (χ4v) is 3.69. The molecule has 0 saturated carbocycles. The number of aromatic nitrogens is 5. The first-order chi connectivity index (χ1) is 12.1. The van der Waals surface area contributed by atoms with Gasteiger partial charge in [-0.05, 0) is 32.4 Å². The lowest BCUT2D eigenvalue weighted by atomic mass is 10.1. The number of imidazole rings is 1. The van der Waals surface area contributed by atoms with Crippen LogP contribution in [0.15, 0.2) is 30.7 Å². The van der Waals surface area contributed by atoms with Crippen molar-refractivity contribution in [3.63, 3.8) is 0 Å². The molecule has 1 aliphatic rings. The molecule has 1 fully saturated rings. The molecule has 1 aliphatic heterocycles. The van der Waals surface area contributed by atoms with E-state index in [1.807, 2.05) is 17.2 Å². The number of aryl methyl sites for hydroxylation is 1. The topological polar surface area (TPSA) is 68.8 Å². The van der Waals surface area contributed by atoms with E-state index in [0.717, 1.165) is 29.8 Å². The summed E-state index contributed by atoms with van der Waals surface area (Å²) >= 11 is 0. The van der Waals surface area contributed by atoms with Crippen molar-refractivity contribution in [3.05, 3.63) is 42.2 Å². The Balaban J connectivity index is 1.64. The Labute approximate surface area is 146 Å². The summed E-state index contributed by atoms with van der Waals surface area (Å²) < 4.78 is 3.88. The third-order valence-corrected chi connectivity index (χ3v) is 4.92. The zero-order chi connectivity index (χ0) is 17.6. The highest BCUT2D eigenvalue weighted by Gasteiger charge is 2.32. The first-order valence-electron chi connectivity index (χ1n) is 8.65. The Hall–Kier alpha value is -2.70. The van der Waals surface area contributed by atoms with E-state index < -0.39 is 0 Å². The lowest BCUT2D eigenvalue weighted by Crippen LogP contribution is -2.30. The summed E-state index contributed by atoms with van der Waals surface area (Å²) in [6.07, 6.45) is 6.23. The smallest absolute Gasteiger partial charge is 0.272 e. The highest BCUT2D eigenvalue weighted by molar-refractivity contribution is 5.92. The lowest BCUT2D eigenvalue weighted by molar-refractivity contribution is 0.0779. The predicted molar refractivity (Wildman–Crippen MR) is 94.4 cm³/mol. The minimum atomic E-state index is 0.0383. The van der Waals surface area contributed by atoms with Gasteiger partial charge in [0.25, 0.3) is 5.91 Å². The monoisotopic (exact) mass is 338 g/mol. The number of pyridine rings is 1. The first kappa shape index (κ1) is 15.8. The minimum Gasteiger partial charge on any atom is -0.337 e. The van der Waals surface area contributed by atoms with Crippen molar-refractivity contribution in [2.45, 2.75) is 32.2 Å². The summed E-state index contributed by atoms with van der Waals surface area (Å²) in [7, 11) is 1.80. The van der Waals surface area contributed by atoms with E-state index in [4.69, 9.17) is 4.98 Å². The number of hydrogen-bond acceptors (Lipinski definition) is 4. The van der Waals surface area contributed by atoms with Crippen LogP contribution >= 0.6 is 0 Å². The lowest BCUT2D eigenvalue weighted by Gasteiger charge is -2.18. The van der Waals surface area contributed by atoms with Gasteiger partial charge >= 0.3 is 0 Å². The highest BCUT2D eigenvalue weighted by Crippen LogP contribution is 2.32. The van der Waals surface area contributed by atoms with E-state index in [2.05, 4.69) is 28.5 Å². The van der Waals surface area contributed by atoms with Gasteiger partial charge in [0.05, 0.1) is 17.2 Å². The van der Waals surface area contributed by atoms with Gasteiger partial charge in [-0.3, -0.25) is 14.5 Å². The van der Waals surface area contributed by atoms with Crippen molar-refractivity contribution in [2.24, 2.45) is 7.05 Å². The average molecular weight is 338 g/mol. The van der Waals surface area contributed by atoms with Gasteiger partial charge < -0.3 is 9.47 Å². The van der Waals surface area contributed by atoms with Crippen LogP contribution < -0.4 is 0 Å². The van der Waals surface area contributed by atoms with E-state index in [9.17, 15) is 4.79 Å². The molecule has 1 unspecified atom stereocenters. The second-order valence-electron chi connectivity index (χ2n) is 6.87. The van der Waals surface area contributed by atoms with E-state index in [-0.39, 0.29) is 11.8 Å². The van der Waals surface area contributed by atoms with E-state index in [0.29, 0.717) is 18.3 Å². The summed E-state index contributed by atoms with van der Waals surface area (Å²) in [6.45, 7) is 5.75. The zero-order valence-corrected chi connectivity index (χ0v) is 14.8. The van der Waals surface area contributed by atoms with E-state index >= 15 is 0 Å². The molecular formula is C18H22N6O. The summed E-state index contributed by atoms with van der Waals surface area (Å²) in [5.74, 6) is 1.33. The summed E-state index contributed by atoms with van der Waals surface area (Å²) in [5.41, 5.74) is 2.65. The molecule has 25 heavy (non-hydrogen) atoms. The van der Waals surface area contributed by atoms with Crippen LogP contribution in [0, 0.1) is 0 Å². The molecule has 0 aliphatic carbocycles. The molecule has 0 N–H and O–H groups in total. The van der Waals surface area contributed by atoms with Gasteiger partial charge in [-0.2, -0.15) is 5.10 Å². The Bertz CT molecular complexity index is 925. The molecule has 7 nitrogen and oxygen atoms in total. The Morgan fingerprint density at radius 2 is 2.12 bits per heavy atom. The van der Waals surface area contributed by atoms with Crippen molar-refractivity contribution in [2.75, 3.05) is 13.1 Å². The fraction of sp³-hybridized carbons (Fsp3) is 0.444. The van der Waals surface area contributed by atoms with Crippen molar-refractivity contribution in [1.29, 1.82) is 0 Å². The molecule has 3 aromatic heterocycles. The number of carbonyl (C=O) groups excluding carboxylic acids is 1. The van der Waals surface area contributed by atoms with Crippen LogP contribution in [0.1, 0.15) is 48.5 Å². The summed E-state index contributed by atoms with van der Waals surface area (Å²) in [6, 6.07) is 4.02. The Morgan fingerprint density at radius 1 is 1.28 bits per heavy atom. The van der Waals surface area contributed by atoms with Crippen molar-refractivity contribution < 1.29 is 4.79 Å². The molecule has 0 spiro atoms. The standard InChI is InChI=1S/C18H22N6O/c1-12(2)24-16-10-19-7-4-14(16)21-17(24)13-6-9-23(11-13)18(25)15-5-8-20-22(15)3/h4-5,7-8,10,12-13H,6,9,11H2,1-3H3. The molecule has 7 heteroatoms. The molecule has 0 radical (unpaired) electrons. The van der Waals surface area contributed by atoms with Crippen LogP contribution in [-0.4, -0.2) is 48.2 Å². The van der Waals surface area contributed by atoms with E-state index in [1.165, 1.54) is 0 Å². The normalized spacial score (nSPS) is 17.8. The third-order valence-electron chi connectivity index (χ3n) is 4.92. The number of carbonyl (C=O) groups is 1. The molecule has 130 valence electrons. The fourth-order valence-electron chi connectivity index (χ4n) is 3.69. The van der Waals surface area contributed by atoms with Gasteiger partial charge in [-0.25, -0.2) is 4.98 Å². The molecule has 0 bridgehead atoms. The number of rotatable bonds is 3. The largest absolute Gasteiger partial charge is 0.337 e. The van der Waals surface area contributed by atoms with Crippen LogP contribution in [0.4, 0.5) is 0 Å². The van der Waals surface area contributed by atoms with Gasteiger partial charge in [0, 0.05) is 44.5 Å². The number of nitrogens with zero attached hydrogens (tertiary/aromatic N) is 6. The Kier molecular flexibility index (Phi) is 3.78. The maximum absolute atomic E-state index is 12.7. The second kappa shape index (κ2) is 5.98. The molecule has 3 aromatic rings. The van der Waals surface area contributed by atoms with Crippen molar-refractivity contribution in [3.8, 4) is 0 Å². The summed E-state index contributed by atoms with van der Waals surface area (Å²) in [4.78, 5) is 23.7.